The number of amides is 1. The lowest BCUT2D eigenvalue weighted by atomic mass is 10.0. The van der Waals surface area contributed by atoms with Crippen LogP contribution in [-0.2, 0) is 11.2 Å². The monoisotopic (exact) mass is 439 g/mol. The maximum atomic E-state index is 13.2. The van der Waals surface area contributed by atoms with Crippen LogP contribution in [0, 0.1) is 5.82 Å². The van der Waals surface area contributed by atoms with Crippen LogP contribution in [0.3, 0.4) is 0 Å². The Kier molecular flexibility index (Phi) is 6.17. The van der Waals surface area contributed by atoms with Crippen LogP contribution >= 0.6 is 0 Å². The third-order valence-corrected chi connectivity index (χ3v) is 6.84. The van der Waals surface area contributed by atoms with Crippen LogP contribution in [0.25, 0.3) is 0 Å². The number of hydrogen-bond acceptors (Lipinski definition) is 5. The zero-order valence-electron chi connectivity index (χ0n) is 18.3. The quantitative estimate of drug-likeness (QED) is 0.716. The lowest BCUT2D eigenvalue weighted by Crippen LogP contribution is -2.55. The Morgan fingerprint density at radius 2 is 1.75 bits per heavy atom. The van der Waals surface area contributed by atoms with Crippen molar-refractivity contribution >= 4 is 11.6 Å². The smallest absolute Gasteiger partial charge is 0.231 e. The summed E-state index contributed by atoms with van der Waals surface area (Å²) in [6, 6.07) is 13.1. The second kappa shape index (κ2) is 9.36. The molecule has 2 saturated heterocycles. The molecule has 0 aliphatic carbocycles. The normalized spacial score (nSPS) is 21.1. The molecule has 3 heterocycles. The van der Waals surface area contributed by atoms with E-state index in [0.717, 1.165) is 74.9 Å². The molecule has 0 bridgehead atoms. The largest absolute Gasteiger partial charge is 0.454 e. The maximum absolute atomic E-state index is 13.2. The van der Waals surface area contributed by atoms with Crippen LogP contribution in [0.15, 0.2) is 42.5 Å². The van der Waals surface area contributed by atoms with Crippen molar-refractivity contribution in [2.45, 2.75) is 31.7 Å². The predicted octanol–water partition coefficient (Wildman–Crippen LogP) is 3.30. The Balaban J connectivity index is 1.11. The molecular weight excluding hydrogens is 409 g/mol. The summed E-state index contributed by atoms with van der Waals surface area (Å²) >= 11 is 0. The van der Waals surface area contributed by atoms with Crippen LogP contribution in [0.5, 0.6) is 11.5 Å². The average molecular weight is 440 g/mol. The molecule has 1 unspecified atom stereocenters. The number of hydrogen-bond donors (Lipinski definition) is 0. The molecule has 0 spiro atoms. The van der Waals surface area contributed by atoms with Gasteiger partial charge in [0, 0.05) is 57.4 Å². The van der Waals surface area contributed by atoms with Crippen LogP contribution in [-0.4, -0.2) is 67.8 Å². The van der Waals surface area contributed by atoms with Crippen LogP contribution < -0.4 is 14.4 Å². The summed E-state index contributed by atoms with van der Waals surface area (Å²) in [4.78, 5) is 19.8. The summed E-state index contributed by atoms with van der Waals surface area (Å²) in [6.45, 7) is 5.75. The molecule has 2 aromatic carbocycles. The SMILES string of the molecule is O=C(CCc1ccc2c(c1)OCO2)N1CCCC(N2CCN(c3ccc(F)cc3)CC2)C1. The number of halogens is 1. The summed E-state index contributed by atoms with van der Waals surface area (Å²) in [6.07, 6.45) is 3.43. The van der Waals surface area contributed by atoms with Gasteiger partial charge in [-0.3, -0.25) is 9.69 Å². The summed E-state index contributed by atoms with van der Waals surface area (Å²) in [5.41, 5.74) is 2.18. The van der Waals surface area contributed by atoms with Gasteiger partial charge in [0.1, 0.15) is 5.82 Å². The molecule has 0 saturated carbocycles. The predicted molar refractivity (Wildman–Crippen MR) is 121 cm³/mol. The van der Waals surface area contributed by atoms with Crippen molar-refractivity contribution in [3.05, 3.63) is 53.8 Å². The number of piperazine rings is 1. The zero-order chi connectivity index (χ0) is 21.9. The van der Waals surface area contributed by atoms with Crippen LogP contribution in [0.1, 0.15) is 24.8 Å². The van der Waals surface area contributed by atoms with Crippen molar-refractivity contribution in [3.63, 3.8) is 0 Å². The lowest BCUT2D eigenvalue weighted by molar-refractivity contribution is -0.133. The van der Waals surface area contributed by atoms with E-state index in [1.807, 2.05) is 35.2 Å². The minimum atomic E-state index is -0.196. The Morgan fingerprint density at radius 3 is 2.56 bits per heavy atom. The first-order valence-corrected chi connectivity index (χ1v) is 11.6. The van der Waals surface area contributed by atoms with Crippen molar-refractivity contribution in [2.75, 3.05) is 51.0 Å². The molecule has 2 fully saturated rings. The van der Waals surface area contributed by atoms with E-state index in [9.17, 15) is 9.18 Å². The number of aryl methyl sites for hydroxylation is 1. The van der Waals surface area contributed by atoms with Gasteiger partial charge in [-0.05, 0) is 61.2 Å². The van der Waals surface area contributed by atoms with Gasteiger partial charge < -0.3 is 19.3 Å². The molecule has 32 heavy (non-hydrogen) atoms. The minimum absolute atomic E-state index is 0.196. The van der Waals surface area contributed by atoms with Crippen molar-refractivity contribution in [1.29, 1.82) is 0 Å². The fourth-order valence-corrected chi connectivity index (χ4v) is 4.98. The van der Waals surface area contributed by atoms with Crippen molar-refractivity contribution in [2.24, 2.45) is 0 Å². The molecule has 7 heteroatoms. The second-order valence-corrected chi connectivity index (χ2v) is 8.82. The molecule has 6 nitrogen and oxygen atoms in total. The first kappa shape index (κ1) is 21.1. The molecule has 1 atom stereocenters. The van der Waals surface area contributed by atoms with Crippen LogP contribution in [0.2, 0.25) is 0 Å². The van der Waals surface area contributed by atoms with Crippen molar-refractivity contribution < 1.29 is 18.7 Å². The van der Waals surface area contributed by atoms with E-state index in [4.69, 9.17) is 9.47 Å². The Morgan fingerprint density at radius 1 is 0.969 bits per heavy atom. The molecule has 0 N–H and O–H groups in total. The van der Waals surface area contributed by atoms with Crippen LogP contribution in [0.4, 0.5) is 10.1 Å². The van der Waals surface area contributed by atoms with Gasteiger partial charge in [0.15, 0.2) is 11.5 Å². The number of ether oxygens (including phenoxy) is 2. The zero-order valence-corrected chi connectivity index (χ0v) is 18.3. The van der Waals surface area contributed by atoms with Gasteiger partial charge in [-0.2, -0.15) is 0 Å². The average Bonchev–Trinajstić information content (AvgIpc) is 3.31. The number of carbonyl (C=O) groups is 1. The number of carbonyl (C=O) groups excluding carboxylic acids is 1. The van der Waals surface area contributed by atoms with Gasteiger partial charge in [0.25, 0.3) is 0 Å². The second-order valence-electron chi connectivity index (χ2n) is 8.82. The molecule has 0 radical (unpaired) electrons. The van der Waals surface area contributed by atoms with Gasteiger partial charge in [0.05, 0.1) is 0 Å². The highest BCUT2D eigenvalue weighted by Gasteiger charge is 2.30. The maximum Gasteiger partial charge on any atom is 0.231 e. The summed E-state index contributed by atoms with van der Waals surface area (Å²) < 4.78 is 24.0. The highest BCUT2D eigenvalue weighted by atomic mass is 19.1. The number of fused-ring (bicyclic) bond motifs is 1. The van der Waals surface area contributed by atoms with E-state index in [1.54, 1.807) is 0 Å². The van der Waals surface area contributed by atoms with E-state index >= 15 is 0 Å². The minimum Gasteiger partial charge on any atom is -0.454 e. The van der Waals surface area contributed by atoms with Gasteiger partial charge in [0.2, 0.25) is 12.7 Å². The van der Waals surface area contributed by atoms with E-state index in [1.165, 1.54) is 12.1 Å². The summed E-state index contributed by atoms with van der Waals surface area (Å²) in [5, 5.41) is 0. The standard InChI is InChI=1S/C25H30FN3O3/c26-20-5-7-21(8-6-20)27-12-14-28(15-13-27)22-2-1-11-29(17-22)25(30)10-4-19-3-9-23-24(16-19)32-18-31-23/h3,5-9,16,22H,1-2,4,10-15,17-18H2. The van der Waals surface area contributed by atoms with Gasteiger partial charge in [-0.1, -0.05) is 6.07 Å². The van der Waals surface area contributed by atoms with Crippen molar-refractivity contribution in [3.8, 4) is 11.5 Å². The highest BCUT2D eigenvalue weighted by Crippen LogP contribution is 2.33. The summed E-state index contributed by atoms with van der Waals surface area (Å²) in [7, 11) is 0. The number of nitrogens with zero attached hydrogens (tertiary/aromatic N) is 3. The third-order valence-electron chi connectivity index (χ3n) is 6.84. The number of benzene rings is 2. The Labute approximate surface area is 188 Å². The topological polar surface area (TPSA) is 45.3 Å². The number of anilines is 1. The van der Waals surface area contributed by atoms with Gasteiger partial charge in [-0.25, -0.2) is 4.39 Å². The summed E-state index contributed by atoms with van der Waals surface area (Å²) in [5.74, 6) is 1.58. The molecule has 170 valence electrons. The van der Waals surface area contributed by atoms with E-state index < -0.39 is 0 Å². The first-order valence-electron chi connectivity index (χ1n) is 11.6. The van der Waals surface area contributed by atoms with Gasteiger partial charge >= 0.3 is 0 Å². The number of piperidine rings is 1. The fourth-order valence-electron chi connectivity index (χ4n) is 4.98. The molecule has 3 aliphatic heterocycles. The Bertz CT molecular complexity index is 944. The number of rotatable bonds is 5. The number of likely N-dealkylation sites (tertiary alicyclic amines) is 1. The molecule has 0 aromatic heterocycles. The lowest BCUT2D eigenvalue weighted by Gasteiger charge is -2.44. The Hall–Kier alpha value is -2.80. The molecule has 1 amide bonds. The van der Waals surface area contributed by atoms with Gasteiger partial charge in [-0.15, -0.1) is 0 Å². The molecule has 5 rings (SSSR count). The van der Waals surface area contributed by atoms with E-state index in [-0.39, 0.29) is 18.5 Å². The molecule has 3 aliphatic rings. The highest BCUT2D eigenvalue weighted by molar-refractivity contribution is 5.76. The first-order chi connectivity index (χ1) is 15.7. The third kappa shape index (κ3) is 4.67. The van der Waals surface area contributed by atoms with E-state index in [0.29, 0.717) is 18.9 Å². The van der Waals surface area contributed by atoms with E-state index in [2.05, 4.69) is 9.80 Å². The molecular formula is C25H30FN3O3. The van der Waals surface area contributed by atoms with Crippen molar-refractivity contribution in [1.82, 2.24) is 9.80 Å². The fraction of sp³-hybridized carbons (Fsp3) is 0.480. The molecule has 2 aromatic rings.